The van der Waals surface area contributed by atoms with Crippen molar-refractivity contribution in [3.8, 4) is 39.3 Å². The van der Waals surface area contributed by atoms with Crippen LogP contribution in [-0.4, -0.2) is 0 Å². The molecule has 0 amide bonds. The second-order valence-electron chi connectivity index (χ2n) is 7.67. The van der Waals surface area contributed by atoms with E-state index < -0.39 is 0 Å². The molecule has 5 aromatic rings. The lowest BCUT2D eigenvalue weighted by Crippen LogP contribution is -2.36. The van der Waals surface area contributed by atoms with Crippen molar-refractivity contribution in [1.29, 1.82) is 0 Å². The van der Waals surface area contributed by atoms with Crippen molar-refractivity contribution < 1.29 is 4.57 Å². The average molecular weight is 488 g/mol. The van der Waals surface area contributed by atoms with Gasteiger partial charge in [0.1, 0.15) is 0 Å². The minimum Gasteiger partial charge on any atom is -0.153 e. The molecule has 1 nitrogen and oxygen atoms in total. The predicted octanol–water partition coefficient (Wildman–Crippen LogP) is 8.92. The Morgan fingerprint density at radius 1 is 0.424 bits per heavy atom. The molecule has 0 radical (unpaired) electrons. The summed E-state index contributed by atoms with van der Waals surface area (Å²) in [4.78, 5) is 0. The van der Waals surface area contributed by atoms with Gasteiger partial charge in [0.15, 0.2) is 0 Å². The molecule has 0 atom stereocenters. The smallest absolute Gasteiger partial charge is 0.153 e. The van der Waals surface area contributed by atoms with Gasteiger partial charge in [0.25, 0.3) is 0 Å². The molecule has 0 aliphatic heterocycles. The standard InChI is InChI=1S/C29H19Cl3N/c30-25-18-24(19-26(31)29(25)32)33-27(21-12-6-2-7-13-21)16-23(20-10-4-1-5-11-20)17-28(33)22-14-8-3-9-15-22/h1-19H/q+1. The third-order valence-corrected chi connectivity index (χ3v) is 6.74. The van der Waals surface area contributed by atoms with Gasteiger partial charge >= 0.3 is 0 Å². The van der Waals surface area contributed by atoms with Crippen LogP contribution in [0.3, 0.4) is 0 Å². The first kappa shape index (κ1) is 21.7. The minimum absolute atomic E-state index is 0.353. The van der Waals surface area contributed by atoms with Gasteiger partial charge in [0.2, 0.25) is 17.1 Å². The Balaban J connectivity index is 1.90. The van der Waals surface area contributed by atoms with E-state index in [0.29, 0.717) is 15.1 Å². The predicted molar refractivity (Wildman–Crippen MR) is 139 cm³/mol. The highest BCUT2D eigenvalue weighted by Gasteiger charge is 2.26. The van der Waals surface area contributed by atoms with Gasteiger partial charge < -0.3 is 0 Å². The molecule has 5 rings (SSSR count). The number of rotatable bonds is 4. The Morgan fingerprint density at radius 2 is 0.818 bits per heavy atom. The molecule has 0 bridgehead atoms. The Hall–Kier alpha value is -3.10. The van der Waals surface area contributed by atoms with Crippen LogP contribution < -0.4 is 4.57 Å². The van der Waals surface area contributed by atoms with E-state index in [9.17, 15) is 0 Å². The van der Waals surface area contributed by atoms with E-state index in [1.54, 1.807) is 0 Å². The third kappa shape index (κ3) is 4.41. The summed E-state index contributed by atoms with van der Waals surface area (Å²) in [6.07, 6.45) is 0. The van der Waals surface area contributed by atoms with Crippen LogP contribution in [0.4, 0.5) is 0 Å². The molecular weight excluding hydrogens is 469 g/mol. The van der Waals surface area contributed by atoms with Crippen LogP contribution in [0, 0.1) is 0 Å². The Kier molecular flexibility index (Phi) is 6.20. The summed E-state index contributed by atoms with van der Waals surface area (Å²) >= 11 is 19.2. The monoisotopic (exact) mass is 486 g/mol. The molecule has 0 spiro atoms. The molecule has 0 aliphatic carbocycles. The van der Waals surface area contributed by atoms with Crippen LogP contribution in [0.25, 0.3) is 39.3 Å². The summed E-state index contributed by atoms with van der Waals surface area (Å²) in [6.45, 7) is 0. The van der Waals surface area contributed by atoms with Crippen molar-refractivity contribution in [2.75, 3.05) is 0 Å². The molecule has 0 fully saturated rings. The topological polar surface area (TPSA) is 3.88 Å². The fourth-order valence-electron chi connectivity index (χ4n) is 3.98. The largest absolute Gasteiger partial charge is 0.219 e. The highest BCUT2D eigenvalue weighted by Crippen LogP contribution is 2.34. The SMILES string of the molecule is Clc1cc(-[n+]2c(-c3ccccc3)cc(-c3ccccc3)cc2-c2ccccc2)cc(Cl)c1Cl. The van der Waals surface area contributed by atoms with Gasteiger partial charge in [-0.05, 0) is 35.4 Å². The number of hydrogen-bond acceptors (Lipinski definition) is 0. The van der Waals surface area contributed by atoms with Gasteiger partial charge in [-0.15, -0.1) is 0 Å². The number of hydrogen-bond donors (Lipinski definition) is 0. The van der Waals surface area contributed by atoms with Gasteiger partial charge in [0.05, 0.1) is 15.1 Å². The maximum Gasteiger partial charge on any atom is 0.219 e. The summed E-state index contributed by atoms with van der Waals surface area (Å²) in [6, 6.07) is 39.1. The first-order valence-corrected chi connectivity index (χ1v) is 11.7. The minimum atomic E-state index is 0.353. The summed E-state index contributed by atoms with van der Waals surface area (Å²) in [5.41, 5.74) is 7.30. The van der Waals surface area contributed by atoms with Crippen LogP contribution >= 0.6 is 34.8 Å². The Labute approximate surface area is 208 Å². The number of pyridine rings is 1. The van der Waals surface area contributed by atoms with E-state index in [4.69, 9.17) is 34.8 Å². The van der Waals surface area contributed by atoms with Crippen LogP contribution in [0.15, 0.2) is 115 Å². The summed E-state index contributed by atoms with van der Waals surface area (Å²) < 4.78 is 2.19. The fraction of sp³-hybridized carbons (Fsp3) is 0. The zero-order chi connectivity index (χ0) is 22.8. The lowest BCUT2D eigenvalue weighted by atomic mass is 9.98. The fourth-order valence-corrected chi connectivity index (χ4v) is 4.57. The van der Waals surface area contributed by atoms with E-state index in [1.807, 2.05) is 54.6 Å². The molecule has 0 aliphatic rings. The molecule has 1 aromatic heterocycles. The zero-order valence-corrected chi connectivity index (χ0v) is 19.8. The Morgan fingerprint density at radius 3 is 1.24 bits per heavy atom. The average Bonchev–Trinajstić information content (AvgIpc) is 2.88. The molecule has 4 heteroatoms. The number of halogens is 3. The first-order valence-electron chi connectivity index (χ1n) is 10.5. The molecule has 160 valence electrons. The van der Waals surface area contributed by atoms with E-state index in [2.05, 4.69) is 65.2 Å². The van der Waals surface area contributed by atoms with Gasteiger partial charge in [-0.3, -0.25) is 0 Å². The van der Waals surface area contributed by atoms with Gasteiger partial charge in [-0.1, -0.05) is 102 Å². The van der Waals surface area contributed by atoms with Crippen molar-refractivity contribution in [2.24, 2.45) is 0 Å². The van der Waals surface area contributed by atoms with Crippen molar-refractivity contribution in [1.82, 2.24) is 0 Å². The molecule has 0 unspecified atom stereocenters. The zero-order valence-electron chi connectivity index (χ0n) is 17.6. The van der Waals surface area contributed by atoms with Crippen molar-refractivity contribution in [3.63, 3.8) is 0 Å². The number of aromatic nitrogens is 1. The first-order chi connectivity index (χ1) is 16.1. The van der Waals surface area contributed by atoms with E-state index >= 15 is 0 Å². The molecule has 4 aromatic carbocycles. The van der Waals surface area contributed by atoms with Crippen LogP contribution in [-0.2, 0) is 0 Å². The van der Waals surface area contributed by atoms with Gasteiger partial charge in [-0.2, -0.15) is 4.57 Å². The van der Waals surface area contributed by atoms with E-state index in [1.165, 1.54) is 0 Å². The molecule has 33 heavy (non-hydrogen) atoms. The second kappa shape index (κ2) is 9.41. The molecule has 0 saturated heterocycles. The molecular formula is C29H19Cl3N+. The van der Waals surface area contributed by atoms with Crippen LogP contribution in [0.2, 0.25) is 15.1 Å². The van der Waals surface area contributed by atoms with Crippen LogP contribution in [0.1, 0.15) is 0 Å². The van der Waals surface area contributed by atoms with Crippen molar-refractivity contribution in [2.45, 2.75) is 0 Å². The summed E-state index contributed by atoms with van der Waals surface area (Å²) in [5, 5.41) is 1.18. The van der Waals surface area contributed by atoms with Crippen molar-refractivity contribution >= 4 is 34.8 Å². The van der Waals surface area contributed by atoms with Gasteiger partial charge in [-0.25, -0.2) is 0 Å². The van der Waals surface area contributed by atoms with Crippen molar-refractivity contribution in [3.05, 3.63) is 130 Å². The summed E-state index contributed by atoms with van der Waals surface area (Å²) in [7, 11) is 0. The number of benzene rings is 4. The van der Waals surface area contributed by atoms with E-state index in [-0.39, 0.29) is 0 Å². The van der Waals surface area contributed by atoms with E-state index in [0.717, 1.165) is 39.3 Å². The highest BCUT2D eigenvalue weighted by molar-refractivity contribution is 6.48. The summed E-state index contributed by atoms with van der Waals surface area (Å²) in [5.74, 6) is 0. The lowest BCUT2D eigenvalue weighted by molar-refractivity contribution is -0.572. The molecule has 0 saturated carbocycles. The quantitative estimate of drug-likeness (QED) is 0.176. The second-order valence-corrected chi connectivity index (χ2v) is 8.86. The Bertz CT molecular complexity index is 1330. The van der Waals surface area contributed by atoms with Gasteiger partial charge in [0, 0.05) is 35.4 Å². The maximum absolute atomic E-state index is 6.46. The normalized spacial score (nSPS) is 10.9. The number of nitrogens with zero attached hydrogens (tertiary/aromatic N) is 1. The third-order valence-electron chi connectivity index (χ3n) is 5.54. The molecule has 1 heterocycles. The molecule has 0 N–H and O–H groups in total. The highest BCUT2D eigenvalue weighted by atomic mass is 35.5. The van der Waals surface area contributed by atoms with Crippen LogP contribution in [0.5, 0.6) is 0 Å². The lowest BCUT2D eigenvalue weighted by Gasteiger charge is -2.13. The maximum atomic E-state index is 6.46.